The Bertz CT molecular complexity index is 801. The normalized spacial score (nSPS) is 19.2. The van der Waals surface area contributed by atoms with Crippen LogP contribution in [0.2, 0.25) is 0 Å². The molecule has 2 fully saturated rings. The summed E-state index contributed by atoms with van der Waals surface area (Å²) in [4.78, 5) is 27.6. The molecule has 1 N–H and O–H groups in total. The van der Waals surface area contributed by atoms with Gasteiger partial charge in [0.15, 0.2) is 0 Å². The lowest BCUT2D eigenvalue weighted by Crippen LogP contribution is -2.37. The van der Waals surface area contributed by atoms with Crippen LogP contribution >= 0.6 is 0 Å². The fourth-order valence-electron chi connectivity index (χ4n) is 3.27. The maximum atomic E-state index is 14.6. The largest absolute Gasteiger partial charge is 0.442 e. The number of halogens is 1. The van der Waals surface area contributed by atoms with Gasteiger partial charge in [0.05, 0.1) is 37.7 Å². The minimum absolute atomic E-state index is 0.112. The zero-order valence-electron chi connectivity index (χ0n) is 17.2. The molecule has 2 aliphatic rings. The molecule has 7 nitrogen and oxygen atoms in total. The van der Waals surface area contributed by atoms with Crippen molar-refractivity contribution in [1.82, 2.24) is 5.32 Å². The van der Waals surface area contributed by atoms with E-state index in [2.05, 4.69) is 5.32 Å². The van der Waals surface area contributed by atoms with Gasteiger partial charge in [-0.3, -0.25) is 9.69 Å². The molecule has 2 aliphatic heterocycles. The molecule has 8 heteroatoms. The van der Waals surface area contributed by atoms with Gasteiger partial charge in [-0.2, -0.15) is 0 Å². The van der Waals surface area contributed by atoms with Crippen molar-refractivity contribution in [3.63, 3.8) is 0 Å². The number of amides is 2. The number of rotatable bonds is 6. The fourth-order valence-corrected chi connectivity index (χ4v) is 3.27. The molecule has 1 aromatic carbocycles. The van der Waals surface area contributed by atoms with Crippen LogP contribution in [0.25, 0.3) is 0 Å². The number of nitrogens with one attached hydrogen (secondary N) is 1. The zero-order valence-corrected chi connectivity index (χ0v) is 17.2. The highest BCUT2D eigenvalue weighted by atomic mass is 19.1. The number of cyclic esters (lactones) is 1. The van der Waals surface area contributed by atoms with E-state index in [9.17, 15) is 14.0 Å². The van der Waals surface area contributed by atoms with Crippen molar-refractivity contribution < 1.29 is 23.5 Å². The number of carbonyl (C=O) groups excluding carboxylic acids is 2. The molecule has 0 radical (unpaired) electrons. The van der Waals surface area contributed by atoms with Crippen LogP contribution in [-0.4, -0.2) is 57.5 Å². The van der Waals surface area contributed by atoms with Crippen molar-refractivity contribution >= 4 is 23.4 Å². The minimum atomic E-state index is -0.539. The maximum absolute atomic E-state index is 14.6. The molecule has 2 amide bonds. The predicted octanol–water partition coefficient (Wildman–Crippen LogP) is 2.85. The third-order valence-electron chi connectivity index (χ3n) is 5.27. The molecular formula is C21H28FN3O4. The second kappa shape index (κ2) is 9.26. The van der Waals surface area contributed by atoms with Gasteiger partial charge in [-0.25, -0.2) is 9.18 Å². The Labute approximate surface area is 170 Å². The molecule has 0 spiro atoms. The topological polar surface area (TPSA) is 71.1 Å². The Morgan fingerprint density at radius 3 is 2.62 bits per heavy atom. The number of hydrogen-bond donors (Lipinski definition) is 1. The highest BCUT2D eigenvalue weighted by molar-refractivity contribution is 5.90. The van der Waals surface area contributed by atoms with Gasteiger partial charge in [-0.1, -0.05) is 11.1 Å². The molecule has 0 saturated carbocycles. The van der Waals surface area contributed by atoms with E-state index in [1.807, 2.05) is 25.7 Å². The Hall–Kier alpha value is -2.61. The second-order valence-electron chi connectivity index (χ2n) is 7.61. The van der Waals surface area contributed by atoms with Crippen molar-refractivity contribution in [2.75, 3.05) is 49.2 Å². The molecule has 2 saturated heterocycles. The lowest BCUT2D eigenvalue weighted by molar-refractivity contribution is -0.120. The van der Waals surface area contributed by atoms with Crippen LogP contribution < -0.4 is 15.1 Å². The number of hydrogen-bond acceptors (Lipinski definition) is 5. The van der Waals surface area contributed by atoms with Gasteiger partial charge in [0.2, 0.25) is 5.91 Å². The van der Waals surface area contributed by atoms with Crippen LogP contribution in [-0.2, 0) is 14.3 Å². The quantitative estimate of drug-likeness (QED) is 0.737. The SMILES string of the molecule is CC(C)=C(C)CC(=O)NCC1CN(c2ccc(N3CCOCC3)c(F)c2)C(=O)O1. The number of ether oxygens (including phenoxy) is 2. The van der Waals surface area contributed by atoms with Gasteiger partial charge in [-0.15, -0.1) is 0 Å². The first-order valence-electron chi connectivity index (χ1n) is 9.85. The number of anilines is 2. The van der Waals surface area contributed by atoms with Gasteiger partial charge < -0.3 is 19.7 Å². The summed E-state index contributed by atoms with van der Waals surface area (Å²) in [6.45, 7) is 8.74. The first-order chi connectivity index (χ1) is 13.8. The Morgan fingerprint density at radius 2 is 1.97 bits per heavy atom. The van der Waals surface area contributed by atoms with Gasteiger partial charge in [-0.05, 0) is 39.0 Å². The van der Waals surface area contributed by atoms with Crippen LogP contribution in [0, 0.1) is 5.82 Å². The molecule has 0 aromatic heterocycles. The van der Waals surface area contributed by atoms with Crippen LogP contribution in [0.5, 0.6) is 0 Å². The first kappa shape index (κ1) is 21.1. The molecule has 1 atom stereocenters. The zero-order chi connectivity index (χ0) is 21.0. The van der Waals surface area contributed by atoms with Gasteiger partial charge in [0.25, 0.3) is 0 Å². The molecular weight excluding hydrogens is 377 g/mol. The summed E-state index contributed by atoms with van der Waals surface area (Å²) >= 11 is 0. The predicted molar refractivity (Wildman–Crippen MR) is 109 cm³/mol. The summed E-state index contributed by atoms with van der Waals surface area (Å²) < 4.78 is 25.3. The molecule has 2 heterocycles. The Kier molecular flexibility index (Phi) is 6.74. The minimum Gasteiger partial charge on any atom is -0.442 e. The van der Waals surface area contributed by atoms with Crippen molar-refractivity contribution in [3.8, 4) is 0 Å². The maximum Gasteiger partial charge on any atom is 0.414 e. The number of benzene rings is 1. The van der Waals surface area contributed by atoms with Crippen molar-refractivity contribution in [3.05, 3.63) is 35.2 Å². The summed E-state index contributed by atoms with van der Waals surface area (Å²) in [5.74, 6) is -0.495. The summed E-state index contributed by atoms with van der Waals surface area (Å²) in [5.41, 5.74) is 3.08. The smallest absolute Gasteiger partial charge is 0.414 e. The van der Waals surface area contributed by atoms with Crippen LogP contribution in [0.4, 0.5) is 20.6 Å². The Balaban J connectivity index is 1.58. The Morgan fingerprint density at radius 1 is 1.24 bits per heavy atom. The van der Waals surface area contributed by atoms with Crippen LogP contribution in [0.15, 0.2) is 29.3 Å². The van der Waals surface area contributed by atoms with Crippen molar-refractivity contribution in [2.24, 2.45) is 0 Å². The molecule has 0 bridgehead atoms. The lowest BCUT2D eigenvalue weighted by atomic mass is 10.1. The number of carbonyl (C=O) groups is 2. The molecule has 29 heavy (non-hydrogen) atoms. The van der Waals surface area contributed by atoms with Gasteiger partial charge >= 0.3 is 6.09 Å². The average Bonchev–Trinajstić information content (AvgIpc) is 3.07. The first-order valence-corrected chi connectivity index (χ1v) is 9.85. The van der Waals surface area contributed by atoms with E-state index in [1.54, 1.807) is 12.1 Å². The fraction of sp³-hybridized carbons (Fsp3) is 0.524. The lowest BCUT2D eigenvalue weighted by Gasteiger charge is -2.29. The van der Waals surface area contributed by atoms with Crippen LogP contribution in [0.1, 0.15) is 27.2 Å². The van der Waals surface area contributed by atoms with E-state index in [0.717, 1.165) is 11.1 Å². The highest BCUT2D eigenvalue weighted by Crippen LogP contribution is 2.28. The molecule has 0 aliphatic carbocycles. The molecule has 158 valence electrons. The third-order valence-corrected chi connectivity index (χ3v) is 5.27. The summed E-state index contributed by atoms with van der Waals surface area (Å²) in [6, 6.07) is 4.75. The van der Waals surface area contributed by atoms with E-state index in [0.29, 0.717) is 44.1 Å². The van der Waals surface area contributed by atoms with E-state index < -0.39 is 12.2 Å². The van der Waals surface area contributed by atoms with Gasteiger partial charge in [0.1, 0.15) is 11.9 Å². The number of morpholine rings is 1. The molecule has 3 rings (SSSR count). The third kappa shape index (κ3) is 5.26. The summed E-state index contributed by atoms with van der Waals surface area (Å²) in [6.07, 6.45) is -0.690. The van der Waals surface area contributed by atoms with E-state index in [1.165, 1.54) is 11.0 Å². The molecule has 1 aromatic rings. The monoisotopic (exact) mass is 405 g/mol. The van der Waals surface area contributed by atoms with Crippen LogP contribution in [0.3, 0.4) is 0 Å². The van der Waals surface area contributed by atoms with Gasteiger partial charge in [0, 0.05) is 19.5 Å². The van der Waals surface area contributed by atoms with E-state index >= 15 is 0 Å². The summed E-state index contributed by atoms with van der Waals surface area (Å²) in [5, 5.41) is 2.80. The standard InChI is InChI=1S/C21H28FN3O4/c1-14(2)15(3)10-20(26)23-12-17-13-25(21(27)29-17)16-4-5-19(18(22)11-16)24-6-8-28-9-7-24/h4-5,11,17H,6-10,12-13H2,1-3H3,(H,23,26). The highest BCUT2D eigenvalue weighted by Gasteiger charge is 2.33. The van der Waals surface area contributed by atoms with Crippen molar-refractivity contribution in [2.45, 2.75) is 33.3 Å². The van der Waals surface area contributed by atoms with Crippen molar-refractivity contribution in [1.29, 1.82) is 0 Å². The van der Waals surface area contributed by atoms with E-state index in [-0.39, 0.29) is 24.8 Å². The second-order valence-corrected chi connectivity index (χ2v) is 7.61. The molecule has 1 unspecified atom stereocenters. The van der Waals surface area contributed by atoms with E-state index in [4.69, 9.17) is 9.47 Å². The average molecular weight is 405 g/mol. The number of allylic oxidation sites excluding steroid dienone is 1. The number of nitrogens with zero attached hydrogens (tertiary/aromatic N) is 2. The summed E-state index contributed by atoms with van der Waals surface area (Å²) in [7, 11) is 0.